The van der Waals surface area contributed by atoms with Crippen LogP contribution in [0, 0.1) is 0 Å². The van der Waals surface area contributed by atoms with Gasteiger partial charge in [-0.25, -0.2) is 0 Å². The first-order chi connectivity index (χ1) is 13.8. The van der Waals surface area contributed by atoms with E-state index in [1.807, 2.05) is 19.1 Å². The number of guanidine groups is 1. The van der Waals surface area contributed by atoms with Crippen molar-refractivity contribution in [3.63, 3.8) is 0 Å². The van der Waals surface area contributed by atoms with Gasteiger partial charge in [-0.3, -0.25) is 9.89 Å². The van der Waals surface area contributed by atoms with E-state index in [1.54, 1.807) is 7.05 Å². The van der Waals surface area contributed by atoms with Gasteiger partial charge in [0, 0.05) is 26.7 Å². The Labute approximate surface area is 168 Å². The summed E-state index contributed by atoms with van der Waals surface area (Å²) in [6.45, 7) is 7.67. The summed E-state index contributed by atoms with van der Waals surface area (Å²) < 4.78 is 5.56. The summed E-state index contributed by atoms with van der Waals surface area (Å²) in [4.78, 5) is 6.85. The summed E-state index contributed by atoms with van der Waals surface area (Å²) in [5.74, 6) is 1.70. The molecule has 0 radical (unpaired) electrons. The van der Waals surface area contributed by atoms with E-state index in [4.69, 9.17) is 4.74 Å². The van der Waals surface area contributed by atoms with Crippen molar-refractivity contribution in [2.24, 2.45) is 4.99 Å². The minimum absolute atomic E-state index is 0.678. The van der Waals surface area contributed by atoms with Crippen molar-refractivity contribution in [3.8, 4) is 5.75 Å². The quantitative estimate of drug-likeness (QED) is 0.543. The molecule has 0 amide bonds. The van der Waals surface area contributed by atoms with Crippen LogP contribution in [0.5, 0.6) is 5.75 Å². The molecule has 2 N–H and O–H groups in total. The minimum atomic E-state index is 0.678. The molecule has 150 valence electrons. The summed E-state index contributed by atoms with van der Waals surface area (Å²) in [6.07, 6.45) is 2.67. The van der Waals surface area contributed by atoms with Gasteiger partial charge < -0.3 is 15.4 Å². The number of benzene rings is 2. The van der Waals surface area contributed by atoms with Crippen LogP contribution in [-0.4, -0.2) is 37.6 Å². The lowest BCUT2D eigenvalue weighted by molar-refractivity contribution is 0.331. The summed E-state index contributed by atoms with van der Waals surface area (Å²) in [7, 11) is 1.80. The number of aliphatic imine (C=N–C) groups is 1. The molecular weight excluding hydrogens is 348 g/mol. The summed E-state index contributed by atoms with van der Waals surface area (Å²) in [6, 6.07) is 17.0. The molecule has 0 saturated carbocycles. The van der Waals surface area contributed by atoms with Crippen molar-refractivity contribution in [1.29, 1.82) is 0 Å². The van der Waals surface area contributed by atoms with Gasteiger partial charge in [0.05, 0.1) is 6.61 Å². The van der Waals surface area contributed by atoms with Crippen LogP contribution < -0.4 is 15.4 Å². The highest BCUT2D eigenvalue weighted by Crippen LogP contribution is 2.14. The highest BCUT2D eigenvalue weighted by molar-refractivity contribution is 5.79. The van der Waals surface area contributed by atoms with E-state index >= 15 is 0 Å². The van der Waals surface area contributed by atoms with E-state index in [2.05, 4.69) is 56.9 Å². The molecule has 2 aromatic carbocycles. The van der Waals surface area contributed by atoms with Crippen LogP contribution in [0.4, 0.5) is 0 Å². The fraction of sp³-hybridized carbons (Fsp3) is 0.435. The molecule has 0 aromatic heterocycles. The fourth-order valence-corrected chi connectivity index (χ4v) is 3.47. The average Bonchev–Trinajstić information content (AvgIpc) is 3.23. The van der Waals surface area contributed by atoms with Crippen LogP contribution in [-0.2, 0) is 19.6 Å². The molecule has 0 spiro atoms. The second-order valence-corrected chi connectivity index (χ2v) is 7.16. The van der Waals surface area contributed by atoms with Crippen molar-refractivity contribution < 1.29 is 4.74 Å². The van der Waals surface area contributed by atoms with Gasteiger partial charge in [0.25, 0.3) is 0 Å². The first-order valence-corrected chi connectivity index (χ1v) is 10.2. The van der Waals surface area contributed by atoms with E-state index in [1.165, 1.54) is 42.6 Å². The number of nitrogens with one attached hydrogen (secondary N) is 2. The molecule has 0 atom stereocenters. The molecule has 1 fully saturated rings. The number of nitrogens with zero attached hydrogens (tertiary/aromatic N) is 2. The molecule has 28 heavy (non-hydrogen) atoms. The van der Waals surface area contributed by atoms with Gasteiger partial charge in [-0.15, -0.1) is 0 Å². The average molecular weight is 381 g/mol. The molecule has 0 bridgehead atoms. The first-order valence-electron chi connectivity index (χ1n) is 10.2. The maximum absolute atomic E-state index is 5.56. The number of ether oxygens (including phenoxy) is 1. The van der Waals surface area contributed by atoms with Crippen molar-refractivity contribution >= 4 is 5.96 Å². The van der Waals surface area contributed by atoms with Crippen LogP contribution in [0.15, 0.2) is 53.5 Å². The van der Waals surface area contributed by atoms with Crippen molar-refractivity contribution in [2.75, 3.05) is 26.7 Å². The van der Waals surface area contributed by atoms with E-state index in [-0.39, 0.29) is 0 Å². The summed E-state index contributed by atoms with van der Waals surface area (Å²) in [5, 5.41) is 6.75. The second kappa shape index (κ2) is 10.7. The topological polar surface area (TPSA) is 48.9 Å². The van der Waals surface area contributed by atoms with Gasteiger partial charge in [-0.05, 0) is 61.7 Å². The molecular formula is C23H32N4O. The third-order valence-electron chi connectivity index (χ3n) is 4.98. The third kappa shape index (κ3) is 6.27. The highest BCUT2D eigenvalue weighted by atomic mass is 16.5. The SMILES string of the molecule is CCOc1cccc(CNC(=NC)NCc2ccc(CN3CCCC3)cc2)c1. The van der Waals surface area contributed by atoms with Gasteiger partial charge in [-0.1, -0.05) is 36.4 Å². The maximum atomic E-state index is 5.56. The van der Waals surface area contributed by atoms with E-state index in [0.29, 0.717) is 13.2 Å². The van der Waals surface area contributed by atoms with Crippen LogP contribution in [0.2, 0.25) is 0 Å². The van der Waals surface area contributed by atoms with Gasteiger partial charge in [0.15, 0.2) is 5.96 Å². The van der Waals surface area contributed by atoms with Crippen LogP contribution in [0.1, 0.15) is 36.5 Å². The molecule has 1 aliphatic heterocycles. The summed E-state index contributed by atoms with van der Waals surface area (Å²) >= 11 is 0. The first kappa shape index (κ1) is 20.2. The Hall–Kier alpha value is -2.53. The Balaban J connectivity index is 1.45. The molecule has 0 unspecified atom stereocenters. The third-order valence-corrected chi connectivity index (χ3v) is 4.98. The van der Waals surface area contributed by atoms with Crippen molar-refractivity contribution in [3.05, 3.63) is 65.2 Å². The number of hydrogen-bond donors (Lipinski definition) is 2. The van der Waals surface area contributed by atoms with E-state index in [0.717, 1.165) is 24.8 Å². The number of rotatable bonds is 8. The molecule has 5 nitrogen and oxygen atoms in total. The molecule has 1 saturated heterocycles. The Morgan fingerprint density at radius 3 is 2.32 bits per heavy atom. The predicted molar refractivity (Wildman–Crippen MR) is 116 cm³/mol. The zero-order valence-corrected chi connectivity index (χ0v) is 17.1. The smallest absolute Gasteiger partial charge is 0.191 e. The van der Waals surface area contributed by atoms with E-state index < -0.39 is 0 Å². The van der Waals surface area contributed by atoms with Crippen LogP contribution >= 0.6 is 0 Å². The predicted octanol–water partition coefficient (Wildman–Crippen LogP) is 3.55. The van der Waals surface area contributed by atoms with E-state index in [9.17, 15) is 0 Å². The van der Waals surface area contributed by atoms with Crippen LogP contribution in [0.25, 0.3) is 0 Å². The van der Waals surface area contributed by atoms with Gasteiger partial charge in [0.1, 0.15) is 5.75 Å². The standard InChI is InChI=1S/C23H32N4O/c1-3-28-22-8-6-7-21(15-22)17-26-23(24-2)25-16-19-9-11-20(12-10-19)18-27-13-4-5-14-27/h6-12,15H,3-5,13-14,16-18H2,1-2H3,(H2,24,25,26). The Morgan fingerprint density at radius 1 is 0.964 bits per heavy atom. The Kier molecular flexibility index (Phi) is 7.73. The van der Waals surface area contributed by atoms with Gasteiger partial charge >= 0.3 is 0 Å². The Bertz CT molecular complexity index is 751. The summed E-state index contributed by atoms with van der Waals surface area (Å²) in [5.41, 5.74) is 3.81. The van der Waals surface area contributed by atoms with Gasteiger partial charge in [-0.2, -0.15) is 0 Å². The number of likely N-dealkylation sites (tertiary alicyclic amines) is 1. The molecule has 1 heterocycles. The fourth-order valence-electron chi connectivity index (χ4n) is 3.47. The maximum Gasteiger partial charge on any atom is 0.191 e. The zero-order valence-electron chi connectivity index (χ0n) is 17.1. The number of hydrogen-bond acceptors (Lipinski definition) is 3. The minimum Gasteiger partial charge on any atom is -0.494 e. The molecule has 0 aliphatic carbocycles. The molecule has 3 rings (SSSR count). The molecule has 2 aromatic rings. The Morgan fingerprint density at radius 2 is 1.64 bits per heavy atom. The van der Waals surface area contributed by atoms with Crippen molar-refractivity contribution in [1.82, 2.24) is 15.5 Å². The molecule has 1 aliphatic rings. The second-order valence-electron chi connectivity index (χ2n) is 7.16. The lowest BCUT2D eigenvalue weighted by Gasteiger charge is -2.15. The largest absolute Gasteiger partial charge is 0.494 e. The normalized spacial score (nSPS) is 14.9. The van der Waals surface area contributed by atoms with Crippen molar-refractivity contribution in [2.45, 2.75) is 39.4 Å². The van der Waals surface area contributed by atoms with Gasteiger partial charge in [0.2, 0.25) is 0 Å². The zero-order chi connectivity index (χ0) is 19.6. The molecule has 5 heteroatoms. The highest BCUT2D eigenvalue weighted by Gasteiger charge is 2.11. The van der Waals surface area contributed by atoms with Crippen LogP contribution in [0.3, 0.4) is 0 Å². The lowest BCUT2D eigenvalue weighted by atomic mass is 10.1. The monoisotopic (exact) mass is 380 g/mol. The lowest BCUT2D eigenvalue weighted by Crippen LogP contribution is -2.36.